The number of nitrogens with zero attached hydrogens (tertiary/aromatic N) is 4. The van der Waals surface area contributed by atoms with E-state index < -0.39 is 0 Å². The highest BCUT2D eigenvalue weighted by Crippen LogP contribution is 2.41. The first-order valence-electron chi connectivity index (χ1n) is 9.02. The van der Waals surface area contributed by atoms with Gasteiger partial charge in [0.15, 0.2) is 5.16 Å². The summed E-state index contributed by atoms with van der Waals surface area (Å²) in [6.07, 6.45) is 6.24. The minimum Gasteiger partial charge on any atom is -0.493 e. The first-order valence-corrected chi connectivity index (χ1v) is 10.0. The third-order valence-electron chi connectivity index (χ3n) is 4.59. The average Bonchev–Trinajstić information content (AvgIpc) is 3.40. The fourth-order valence-corrected chi connectivity index (χ4v) is 3.97. The molecule has 2 aromatic rings. The molecule has 134 valence electrons. The zero-order valence-electron chi connectivity index (χ0n) is 14.2. The summed E-state index contributed by atoms with van der Waals surface area (Å²) in [5.41, 5.74) is 0. The number of rotatable bonds is 7. The summed E-state index contributed by atoms with van der Waals surface area (Å²) < 4.78 is 20.9. The lowest BCUT2D eigenvalue weighted by atomic mass is 10.1. The number of ether oxygens (including phenoxy) is 1. The summed E-state index contributed by atoms with van der Waals surface area (Å²) in [4.78, 5) is 2.38. The van der Waals surface area contributed by atoms with Crippen LogP contribution >= 0.6 is 11.8 Å². The van der Waals surface area contributed by atoms with Crippen LogP contribution in [0.1, 0.15) is 38.1 Å². The van der Waals surface area contributed by atoms with Crippen molar-refractivity contribution in [1.82, 2.24) is 14.8 Å². The predicted octanol–water partition coefficient (Wildman–Crippen LogP) is 3.91. The smallest absolute Gasteiger partial charge is 0.228 e. The van der Waals surface area contributed by atoms with Gasteiger partial charge >= 0.3 is 0 Å². The van der Waals surface area contributed by atoms with Gasteiger partial charge in [0.25, 0.3) is 0 Å². The third-order valence-corrected chi connectivity index (χ3v) is 5.50. The molecule has 4 rings (SSSR count). The quantitative estimate of drug-likeness (QED) is 0.552. The van der Waals surface area contributed by atoms with E-state index in [4.69, 9.17) is 4.74 Å². The van der Waals surface area contributed by atoms with Crippen molar-refractivity contribution in [2.45, 2.75) is 43.3 Å². The Labute approximate surface area is 151 Å². The Morgan fingerprint density at radius 3 is 2.56 bits per heavy atom. The normalized spacial score (nSPS) is 17.7. The molecule has 2 heterocycles. The highest BCUT2D eigenvalue weighted by molar-refractivity contribution is 7.99. The van der Waals surface area contributed by atoms with Crippen molar-refractivity contribution in [2.24, 2.45) is 0 Å². The maximum Gasteiger partial charge on any atom is 0.228 e. The van der Waals surface area contributed by atoms with Crippen molar-refractivity contribution in [1.29, 1.82) is 0 Å². The van der Waals surface area contributed by atoms with Crippen LogP contribution in [-0.2, 0) is 0 Å². The standard InChI is InChI=1S/C18H23FN4OS/c19-14-4-8-16(9-5-14)24-12-13-25-18-21-20-17(23(18)15-6-7-15)22-10-2-1-3-11-22/h4-5,8-9,15H,1-3,6-7,10-13H2. The number of piperidine rings is 1. The van der Waals surface area contributed by atoms with Gasteiger partial charge in [-0.3, -0.25) is 4.57 Å². The van der Waals surface area contributed by atoms with E-state index in [1.54, 1.807) is 23.9 Å². The van der Waals surface area contributed by atoms with Gasteiger partial charge in [-0.05, 0) is 56.4 Å². The van der Waals surface area contributed by atoms with Crippen LogP contribution in [0.4, 0.5) is 10.3 Å². The Hall–Kier alpha value is -1.76. The molecule has 0 unspecified atom stereocenters. The fourth-order valence-electron chi connectivity index (χ4n) is 3.15. The van der Waals surface area contributed by atoms with Crippen LogP contribution in [0.5, 0.6) is 5.75 Å². The van der Waals surface area contributed by atoms with Gasteiger partial charge in [0.05, 0.1) is 6.61 Å². The zero-order valence-corrected chi connectivity index (χ0v) is 15.1. The summed E-state index contributed by atoms with van der Waals surface area (Å²) in [6.45, 7) is 2.74. The lowest BCUT2D eigenvalue weighted by Gasteiger charge is -2.27. The van der Waals surface area contributed by atoms with Gasteiger partial charge in [-0.1, -0.05) is 11.8 Å². The zero-order chi connectivity index (χ0) is 17.1. The molecule has 1 aliphatic carbocycles. The number of anilines is 1. The van der Waals surface area contributed by atoms with Crippen LogP contribution in [0.15, 0.2) is 29.4 Å². The Morgan fingerprint density at radius 2 is 1.84 bits per heavy atom. The summed E-state index contributed by atoms with van der Waals surface area (Å²) in [5.74, 6) is 2.29. The molecule has 0 atom stereocenters. The maximum atomic E-state index is 12.9. The molecule has 2 aliphatic rings. The van der Waals surface area contributed by atoms with Crippen molar-refractivity contribution in [3.8, 4) is 5.75 Å². The molecule has 1 saturated carbocycles. The summed E-state index contributed by atoms with van der Waals surface area (Å²) in [7, 11) is 0. The van der Waals surface area contributed by atoms with Crippen molar-refractivity contribution in [3.05, 3.63) is 30.1 Å². The van der Waals surface area contributed by atoms with E-state index >= 15 is 0 Å². The van der Waals surface area contributed by atoms with Crippen LogP contribution < -0.4 is 9.64 Å². The van der Waals surface area contributed by atoms with E-state index in [9.17, 15) is 4.39 Å². The average molecular weight is 362 g/mol. The van der Waals surface area contributed by atoms with Gasteiger partial charge in [0, 0.05) is 24.9 Å². The second-order valence-electron chi connectivity index (χ2n) is 6.58. The SMILES string of the molecule is Fc1ccc(OCCSc2nnc(N3CCCCC3)n2C2CC2)cc1. The number of thioether (sulfide) groups is 1. The monoisotopic (exact) mass is 362 g/mol. The van der Waals surface area contributed by atoms with Crippen LogP contribution in [0, 0.1) is 5.82 Å². The van der Waals surface area contributed by atoms with E-state index in [0.717, 1.165) is 29.9 Å². The lowest BCUT2D eigenvalue weighted by Crippen LogP contribution is -2.31. The number of halogens is 1. The van der Waals surface area contributed by atoms with Crippen molar-refractivity contribution < 1.29 is 9.13 Å². The van der Waals surface area contributed by atoms with Crippen molar-refractivity contribution >= 4 is 17.7 Å². The van der Waals surface area contributed by atoms with E-state index in [1.807, 2.05) is 0 Å². The summed E-state index contributed by atoms with van der Waals surface area (Å²) in [5, 5.41) is 9.91. The number of hydrogen-bond acceptors (Lipinski definition) is 5. The molecule has 0 bridgehead atoms. The van der Waals surface area contributed by atoms with Gasteiger partial charge in [-0.2, -0.15) is 0 Å². The van der Waals surface area contributed by atoms with Crippen molar-refractivity contribution in [3.63, 3.8) is 0 Å². The van der Waals surface area contributed by atoms with E-state index in [1.165, 1.54) is 44.2 Å². The van der Waals surface area contributed by atoms with E-state index in [2.05, 4.69) is 19.7 Å². The van der Waals surface area contributed by atoms with Crippen LogP contribution in [-0.4, -0.2) is 40.2 Å². The van der Waals surface area contributed by atoms with Gasteiger partial charge in [0.2, 0.25) is 5.95 Å². The number of benzene rings is 1. The molecule has 1 aliphatic heterocycles. The second kappa shape index (κ2) is 7.64. The largest absolute Gasteiger partial charge is 0.493 e. The summed E-state index contributed by atoms with van der Waals surface area (Å²) >= 11 is 1.69. The first-order chi connectivity index (χ1) is 12.3. The molecule has 0 N–H and O–H groups in total. The Kier molecular flexibility index (Phi) is 5.10. The minimum absolute atomic E-state index is 0.246. The Balaban J connectivity index is 1.35. The molecule has 1 aromatic heterocycles. The topological polar surface area (TPSA) is 43.2 Å². The number of hydrogen-bond donors (Lipinski definition) is 0. The molecular formula is C18H23FN4OS. The number of aromatic nitrogens is 3. The molecule has 0 amide bonds. The molecule has 0 radical (unpaired) electrons. The van der Waals surface area contributed by atoms with Gasteiger partial charge in [-0.15, -0.1) is 10.2 Å². The molecule has 2 fully saturated rings. The third kappa shape index (κ3) is 4.08. The fraction of sp³-hybridized carbons (Fsp3) is 0.556. The van der Waals surface area contributed by atoms with Gasteiger partial charge in [0.1, 0.15) is 11.6 Å². The molecular weight excluding hydrogens is 339 g/mol. The molecule has 7 heteroatoms. The molecule has 5 nitrogen and oxygen atoms in total. The molecule has 1 aromatic carbocycles. The van der Waals surface area contributed by atoms with E-state index in [-0.39, 0.29) is 5.82 Å². The molecule has 1 saturated heterocycles. The first kappa shape index (κ1) is 16.7. The highest BCUT2D eigenvalue weighted by atomic mass is 32.2. The van der Waals surface area contributed by atoms with E-state index in [0.29, 0.717) is 18.4 Å². The van der Waals surface area contributed by atoms with Crippen LogP contribution in [0.3, 0.4) is 0 Å². The Bertz CT molecular complexity index is 696. The van der Waals surface area contributed by atoms with Crippen LogP contribution in [0.25, 0.3) is 0 Å². The summed E-state index contributed by atoms with van der Waals surface area (Å²) in [6, 6.07) is 6.70. The van der Waals surface area contributed by atoms with Crippen molar-refractivity contribution in [2.75, 3.05) is 30.3 Å². The second-order valence-corrected chi connectivity index (χ2v) is 7.64. The van der Waals surface area contributed by atoms with Gasteiger partial charge in [-0.25, -0.2) is 4.39 Å². The Morgan fingerprint density at radius 1 is 1.08 bits per heavy atom. The lowest BCUT2D eigenvalue weighted by molar-refractivity contribution is 0.343. The maximum absolute atomic E-state index is 12.9. The van der Waals surface area contributed by atoms with Gasteiger partial charge < -0.3 is 9.64 Å². The minimum atomic E-state index is -0.246. The predicted molar refractivity (Wildman–Crippen MR) is 97.0 cm³/mol. The molecule has 0 spiro atoms. The van der Waals surface area contributed by atoms with Crippen LogP contribution in [0.2, 0.25) is 0 Å². The highest BCUT2D eigenvalue weighted by Gasteiger charge is 2.31. The molecule has 25 heavy (non-hydrogen) atoms.